The van der Waals surface area contributed by atoms with Crippen molar-refractivity contribution in [3.8, 4) is 0 Å². The van der Waals surface area contributed by atoms with Gasteiger partial charge in [0.05, 0.1) is 0 Å². The fourth-order valence-electron chi connectivity index (χ4n) is 2.84. The summed E-state index contributed by atoms with van der Waals surface area (Å²) in [7, 11) is 2.15. The SMILES string of the molecule is Cc1cnc(N2CCN(C)CC2)nc1Nc1cc(C2CC2)[nH]n1. The molecule has 0 atom stereocenters. The maximum atomic E-state index is 4.72. The first-order valence-electron chi connectivity index (χ1n) is 8.28. The van der Waals surface area contributed by atoms with E-state index in [1.807, 2.05) is 13.1 Å². The molecule has 2 N–H and O–H groups in total. The molecular formula is C16H23N7. The largest absolute Gasteiger partial charge is 0.338 e. The quantitative estimate of drug-likeness (QED) is 0.898. The number of aromatic amines is 1. The van der Waals surface area contributed by atoms with Crippen LogP contribution in [0.3, 0.4) is 0 Å². The minimum Gasteiger partial charge on any atom is -0.338 e. The molecule has 1 saturated carbocycles. The van der Waals surface area contributed by atoms with E-state index in [9.17, 15) is 0 Å². The van der Waals surface area contributed by atoms with Gasteiger partial charge in [-0.1, -0.05) is 0 Å². The molecule has 2 aliphatic rings. The van der Waals surface area contributed by atoms with Crippen LogP contribution in [0.5, 0.6) is 0 Å². The van der Waals surface area contributed by atoms with Crippen molar-refractivity contribution in [3.05, 3.63) is 23.5 Å². The zero-order valence-corrected chi connectivity index (χ0v) is 13.7. The Morgan fingerprint density at radius 1 is 1.22 bits per heavy atom. The summed E-state index contributed by atoms with van der Waals surface area (Å²) < 4.78 is 0. The molecule has 23 heavy (non-hydrogen) atoms. The average molecular weight is 313 g/mol. The van der Waals surface area contributed by atoms with Gasteiger partial charge >= 0.3 is 0 Å². The maximum absolute atomic E-state index is 4.72. The topological polar surface area (TPSA) is 73.0 Å². The van der Waals surface area contributed by atoms with Gasteiger partial charge in [-0.25, -0.2) is 4.98 Å². The maximum Gasteiger partial charge on any atom is 0.227 e. The van der Waals surface area contributed by atoms with Crippen LogP contribution in [-0.4, -0.2) is 58.3 Å². The highest BCUT2D eigenvalue weighted by molar-refractivity contribution is 5.57. The highest BCUT2D eigenvalue weighted by Gasteiger charge is 2.25. The molecule has 0 aromatic carbocycles. The average Bonchev–Trinajstić information content (AvgIpc) is 3.30. The van der Waals surface area contributed by atoms with E-state index < -0.39 is 0 Å². The minimum atomic E-state index is 0.672. The summed E-state index contributed by atoms with van der Waals surface area (Å²) in [4.78, 5) is 13.8. The third-order valence-corrected chi connectivity index (χ3v) is 4.61. The highest BCUT2D eigenvalue weighted by Crippen LogP contribution is 2.39. The van der Waals surface area contributed by atoms with Crippen molar-refractivity contribution >= 4 is 17.6 Å². The molecule has 1 saturated heterocycles. The molecule has 3 heterocycles. The molecule has 0 bridgehead atoms. The van der Waals surface area contributed by atoms with E-state index in [1.54, 1.807) is 0 Å². The van der Waals surface area contributed by atoms with E-state index in [4.69, 9.17) is 4.98 Å². The van der Waals surface area contributed by atoms with Crippen LogP contribution in [0.25, 0.3) is 0 Å². The number of hydrogen-bond acceptors (Lipinski definition) is 6. The molecule has 2 aromatic rings. The number of piperazine rings is 1. The smallest absolute Gasteiger partial charge is 0.227 e. The lowest BCUT2D eigenvalue weighted by Gasteiger charge is -2.32. The normalized spacial score (nSPS) is 19.1. The van der Waals surface area contributed by atoms with Gasteiger partial charge in [-0.2, -0.15) is 10.1 Å². The van der Waals surface area contributed by atoms with Crippen LogP contribution in [0.1, 0.15) is 30.0 Å². The predicted octanol–water partition coefficient (Wildman–Crippen LogP) is 1.88. The fraction of sp³-hybridized carbons (Fsp3) is 0.562. The highest BCUT2D eigenvalue weighted by atomic mass is 15.3. The molecule has 0 radical (unpaired) electrons. The number of anilines is 3. The molecular weight excluding hydrogens is 290 g/mol. The Hall–Kier alpha value is -2.15. The van der Waals surface area contributed by atoms with Gasteiger partial charge in [0.15, 0.2) is 5.82 Å². The van der Waals surface area contributed by atoms with Crippen molar-refractivity contribution in [2.75, 3.05) is 43.4 Å². The van der Waals surface area contributed by atoms with E-state index in [-0.39, 0.29) is 0 Å². The second-order valence-electron chi connectivity index (χ2n) is 6.60. The Morgan fingerprint density at radius 2 is 2.00 bits per heavy atom. The second-order valence-corrected chi connectivity index (χ2v) is 6.60. The lowest BCUT2D eigenvalue weighted by atomic mass is 10.3. The minimum absolute atomic E-state index is 0.672. The lowest BCUT2D eigenvalue weighted by molar-refractivity contribution is 0.311. The van der Waals surface area contributed by atoms with Crippen molar-refractivity contribution in [1.82, 2.24) is 25.1 Å². The molecule has 0 amide bonds. The molecule has 7 heteroatoms. The molecule has 1 aliphatic carbocycles. The number of H-pyrrole nitrogens is 1. The van der Waals surface area contributed by atoms with Gasteiger partial charge in [-0.05, 0) is 26.8 Å². The van der Waals surface area contributed by atoms with Gasteiger partial charge in [-0.3, -0.25) is 5.10 Å². The molecule has 122 valence electrons. The Balaban J connectivity index is 1.51. The number of nitrogens with one attached hydrogen (secondary N) is 2. The Labute approximate surface area is 136 Å². The number of aromatic nitrogens is 4. The Bertz CT molecular complexity index is 683. The first-order valence-corrected chi connectivity index (χ1v) is 8.28. The zero-order chi connectivity index (χ0) is 15.8. The summed E-state index contributed by atoms with van der Waals surface area (Å²) in [6.07, 6.45) is 4.42. The summed E-state index contributed by atoms with van der Waals surface area (Å²) in [5.41, 5.74) is 2.25. The molecule has 4 rings (SSSR count). The molecule has 1 aliphatic heterocycles. The summed E-state index contributed by atoms with van der Waals surface area (Å²) in [5.74, 6) is 3.13. The Kier molecular flexibility index (Phi) is 3.65. The second kappa shape index (κ2) is 5.81. The molecule has 2 fully saturated rings. The van der Waals surface area contributed by atoms with Gasteiger partial charge in [0, 0.05) is 55.6 Å². The molecule has 0 spiro atoms. The van der Waals surface area contributed by atoms with Crippen molar-refractivity contribution < 1.29 is 0 Å². The van der Waals surface area contributed by atoms with Crippen LogP contribution in [0.15, 0.2) is 12.3 Å². The van der Waals surface area contributed by atoms with E-state index in [0.29, 0.717) is 5.92 Å². The molecule has 7 nitrogen and oxygen atoms in total. The monoisotopic (exact) mass is 313 g/mol. The zero-order valence-electron chi connectivity index (χ0n) is 13.7. The number of likely N-dealkylation sites (N-methyl/N-ethyl adjacent to an activating group) is 1. The fourth-order valence-corrected chi connectivity index (χ4v) is 2.84. The predicted molar refractivity (Wildman–Crippen MR) is 90.3 cm³/mol. The van der Waals surface area contributed by atoms with Crippen LogP contribution in [0.4, 0.5) is 17.6 Å². The van der Waals surface area contributed by atoms with Gasteiger partial charge in [0.1, 0.15) is 5.82 Å². The number of rotatable bonds is 4. The van der Waals surface area contributed by atoms with Crippen LogP contribution in [0.2, 0.25) is 0 Å². The van der Waals surface area contributed by atoms with Gasteiger partial charge in [0.25, 0.3) is 0 Å². The van der Waals surface area contributed by atoms with Crippen molar-refractivity contribution in [3.63, 3.8) is 0 Å². The summed E-state index contributed by atoms with van der Waals surface area (Å²) >= 11 is 0. The van der Waals surface area contributed by atoms with Crippen molar-refractivity contribution in [2.45, 2.75) is 25.7 Å². The van der Waals surface area contributed by atoms with E-state index in [2.05, 4.69) is 43.4 Å². The van der Waals surface area contributed by atoms with Gasteiger partial charge in [-0.15, -0.1) is 0 Å². The van der Waals surface area contributed by atoms with Crippen molar-refractivity contribution in [2.24, 2.45) is 0 Å². The first-order chi connectivity index (χ1) is 11.2. The van der Waals surface area contributed by atoms with Crippen LogP contribution in [0, 0.1) is 6.92 Å². The number of aryl methyl sites for hydroxylation is 1. The number of nitrogens with zero attached hydrogens (tertiary/aromatic N) is 5. The Morgan fingerprint density at radius 3 is 2.74 bits per heavy atom. The third kappa shape index (κ3) is 3.14. The van der Waals surface area contributed by atoms with Gasteiger partial charge in [0.2, 0.25) is 5.95 Å². The lowest BCUT2D eigenvalue weighted by Crippen LogP contribution is -2.45. The number of hydrogen-bond donors (Lipinski definition) is 2. The van der Waals surface area contributed by atoms with Crippen LogP contribution >= 0.6 is 0 Å². The summed E-state index contributed by atoms with van der Waals surface area (Å²) in [5, 5.41) is 10.8. The van der Waals surface area contributed by atoms with Crippen LogP contribution < -0.4 is 10.2 Å². The molecule has 2 aromatic heterocycles. The van der Waals surface area contributed by atoms with E-state index in [0.717, 1.165) is 49.3 Å². The van der Waals surface area contributed by atoms with Gasteiger partial charge < -0.3 is 15.1 Å². The summed E-state index contributed by atoms with van der Waals surface area (Å²) in [6, 6.07) is 2.09. The standard InChI is InChI=1S/C16H23N7/c1-11-10-17-16(23-7-5-22(2)6-8-23)19-15(11)18-14-9-13(20-21-14)12-3-4-12/h9-10,12H,3-8H2,1-2H3,(H2,17,18,19,20,21). The van der Waals surface area contributed by atoms with E-state index >= 15 is 0 Å². The molecule has 0 unspecified atom stereocenters. The van der Waals surface area contributed by atoms with Crippen molar-refractivity contribution in [1.29, 1.82) is 0 Å². The first kappa shape index (κ1) is 14.4. The third-order valence-electron chi connectivity index (χ3n) is 4.61. The summed E-state index contributed by atoms with van der Waals surface area (Å²) in [6.45, 7) is 6.04. The van der Waals surface area contributed by atoms with Crippen LogP contribution in [-0.2, 0) is 0 Å². The van der Waals surface area contributed by atoms with E-state index in [1.165, 1.54) is 18.5 Å².